The average Bonchev–Trinajstić information content (AvgIpc) is 2.84. The molecule has 3 rings (SSSR count). The molecule has 2 aromatic carbocycles. The Morgan fingerprint density at radius 1 is 0.906 bits per heavy atom. The van der Waals surface area contributed by atoms with E-state index in [-0.39, 0.29) is 5.91 Å². The van der Waals surface area contributed by atoms with Crippen LogP contribution in [0, 0.1) is 0 Å². The first kappa shape index (κ1) is 23.4. The molecule has 0 aliphatic rings. The standard InChI is InChI=1S/C28H33N3O/c1-3-31(4-2)20-6-17-30-28(32)27-8-5-7-26(22-27)21-25-13-11-23(12-14-25)9-10-24-15-18-29-19-16-24/h5,7-16,18-19,22H,3-4,6,17,20-21H2,1-2H3,(H,30,32)/b10-9+. The Bertz CT molecular complexity index is 993. The normalized spacial score (nSPS) is 11.2. The molecular weight excluding hydrogens is 394 g/mol. The fraction of sp³-hybridized carbons (Fsp3) is 0.286. The summed E-state index contributed by atoms with van der Waals surface area (Å²) in [5.41, 5.74) is 5.38. The van der Waals surface area contributed by atoms with Crippen molar-refractivity contribution < 1.29 is 4.79 Å². The Labute approximate surface area is 192 Å². The van der Waals surface area contributed by atoms with Crippen molar-refractivity contribution in [3.8, 4) is 0 Å². The van der Waals surface area contributed by atoms with Gasteiger partial charge in [0.1, 0.15) is 0 Å². The fourth-order valence-corrected chi connectivity index (χ4v) is 3.62. The van der Waals surface area contributed by atoms with E-state index in [1.165, 1.54) is 5.56 Å². The van der Waals surface area contributed by atoms with Crippen molar-refractivity contribution in [1.82, 2.24) is 15.2 Å². The molecule has 166 valence electrons. The van der Waals surface area contributed by atoms with Gasteiger partial charge in [0.05, 0.1) is 0 Å². The molecule has 0 saturated carbocycles. The third kappa shape index (κ3) is 7.47. The van der Waals surface area contributed by atoms with Crippen LogP contribution in [-0.4, -0.2) is 42.0 Å². The molecular formula is C28H33N3O. The summed E-state index contributed by atoms with van der Waals surface area (Å²) in [5, 5.41) is 3.05. The van der Waals surface area contributed by atoms with Crippen LogP contribution in [0.3, 0.4) is 0 Å². The van der Waals surface area contributed by atoms with Crippen molar-refractivity contribution in [2.24, 2.45) is 0 Å². The average molecular weight is 428 g/mol. The molecule has 0 aliphatic heterocycles. The van der Waals surface area contributed by atoms with Gasteiger partial charge in [-0.2, -0.15) is 0 Å². The lowest BCUT2D eigenvalue weighted by Gasteiger charge is -2.17. The second-order valence-electron chi connectivity index (χ2n) is 7.87. The lowest BCUT2D eigenvalue weighted by atomic mass is 10.0. The van der Waals surface area contributed by atoms with E-state index in [1.807, 2.05) is 30.3 Å². The van der Waals surface area contributed by atoms with Crippen LogP contribution in [0.5, 0.6) is 0 Å². The maximum absolute atomic E-state index is 12.5. The number of carbonyl (C=O) groups excluding carboxylic acids is 1. The molecule has 0 radical (unpaired) electrons. The predicted octanol–water partition coefficient (Wildman–Crippen LogP) is 5.30. The Kier molecular flexibility index (Phi) is 9.20. The molecule has 1 heterocycles. The molecule has 4 heteroatoms. The minimum Gasteiger partial charge on any atom is -0.352 e. The molecule has 4 nitrogen and oxygen atoms in total. The first-order valence-corrected chi connectivity index (χ1v) is 11.4. The van der Waals surface area contributed by atoms with Crippen LogP contribution in [0.25, 0.3) is 12.2 Å². The van der Waals surface area contributed by atoms with Crippen molar-refractivity contribution in [2.45, 2.75) is 26.7 Å². The molecule has 1 N–H and O–H groups in total. The van der Waals surface area contributed by atoms with Gasteiger partial charge in [-0.1, -0.05) is 62.4 Å². The van der Waals surface area contributed by atoms with Crippen LogP contribution < -0.4 is 5.32 Å². The number of hydrogen-bond acceptors (Lipinski definition) is 3. The topological polar surface area (TPSA) is 45.2 Å². The number of nitrogens with zero attached hydrogens (tertiary/aromatic N) is 2. The summed E-state index contributed by atoms with van der Waals surface area (Å²) in [6, 6.07) is 20.4. The van der Waals surface area contributed by atoms with Crippen LogP contribution in [0.1, 0.15) is 52.9 Å². The van der Waals surface area contributed by atoms with Crippen LogP contribution in [0.4, 0.5) is 0 Å². The van der Waals surface area contributed by atoms with E-state index < -0.39 is 0 Å². The minimum atomic E-state index is 0.00277. The van der Waals surface area contributed by atoms with Gasteiger partial charge in [-0.3, -0.25) is 9.78 Å². The van der Waals surface area contributed by atoms with Crippen molar-refractivity contribution >= 4 is 18.1 Å². The highest BCUT2D eigenvalue weighted by Gasteiger charge is 2.07. The maximum atomic E-state index is 12.5. The Hall–Kier alpha value is -3.24. The monoisotopic (exact) mass is 427 g/mol. The summed E-state index contributed by atoms with van der Waals surface area (Å²) in [7, 11) is 0. The highest BCUT2D eigenvalue weighted by atomic mass is 16.1. The summed E-state index contributed by atoms with van der Waals surface area (Å²) in [6.45, 7) is 8.15. The van der Waals surface area contributed by atoms with Gasteiger partial charge in [0, 0.05) is 24.5 Å². The van der Waals surface area contributed by atoms with Gasteiger partial charge in [-0.05, 0) is 79.0 Å². The summed E-state index contributed by atoms with van der Waals surface area (Å²) >= 11 is 0. The van der Waals surface area contributed by atoms with Crippen LogP contribution in [-0.2, 0) is 6.42 Å². The molecule has 0 fully saturated rings. The number of rotatable bonds is 11. The van der Waals surface area contributed by atoms with Crippen molar-refractivity contribution in [3.05, 3.63) is 101 Å². The molecule has 3 aromatic rings. The van der Waals surface area contributed by atoms with E-state index in [0.29, 0.717) is 6.54 Å². The highest BCUT2D eigenvalue weighted by Crippen LogP contribution is 2.14. The second-order valence-corrected chi connectivity index (χ2v) is 7.87. The second kappa shape index (κ2) is 12.6. The number of aromatic nitrogens is 1. The molecule has 1 aromatic heterocycles. The molecule has 32 heavy (non-hydrogen) atoms. The number of hydrogen-bond donors (Lipinski definition) is 1. The first-order valence-electron chi connectivity index (χ1n) is 11.4. The first-order chi connectivity index (χ1) is 15.7. The number of nitrogens with one attached hydrogen (secondary N) is 1. The summed E-state index contributed by atoms with van der Waals surface area (Å²) in [5.74, 6) is 0.00277. The summed E-state index contributed by atoms with van der Waals surface area (Å²) in [4.78, 5) is 18.9. The van der Waals surface area contributed by atoms with Crippen molar-refractivity contribution in [2.75, 3.05) is 26.2 Å². The van der Waals surface area contributed by atoms with Gasteiger partial charge >= 0.3 is 0 Å². The van der Waals surface area contributed by atoms with E-state index in [9.17, 15) is 4.79 Å². The Morgan fingerprint density at radius 2 is 1.59 bits per heavy atom. The van der Waals surface area contributed by atoms with Gasteiger partial charge in [-0.15, -0.1) is 0 Å². The molecule has 0 bridgehead atoms. The molecule has 1 amide bonds. The highest BCUT2D eigenvalue weighted by molar-refractivity contribution is 5.94. The van der Waals surface area contributed by atoms with E-state index >= 15 is 0 Å². The fourth-order valence-electron chi connectivity index (χ4n) is 3.62. The van der Waals surface area contributed by atoms with E-state index in [4.69, 9.17) is 0 Å². The lowest BCUT2D eigenvalue weighted by molar-refractivity contribution is 0.0951. The third-order valence-corrected chi connectivity index (χ3v) is 5.58. The number of amides is 1. The molecule has 0 atom stereocenters. The lowest BCUT2D eigenvalue weighted by Crippen LogP contribution is -2.29. The van der Waals surface area contributed by atoms with Gasteiger partial charge in [0.15, 0.2) is 0 Å². The Balaban J connectivity index is 1.52. The number of carbonyl (C=O) groups is 1. The zero-order chi connectivity index (χ0) is 22.6. The summed E-state index contributed by atoms with van der Waals surface area (Å²) in [6.07, 6.45) is 9.55. The molecule has 0 aliphatic carbocycles. The molecule has 0 saturated heterocycles. The molecule has 0 unspecified atom stereocenters. The quantitative estimate of drug-likeness (QED) is 0.422. The smallest absolute Gasteiger partial charge is 0.251 e. The molecule has 0 spiro atoms. The SMILES string of the molecule is CCN(CC)CCCNC(=O)c1cccc(Cc2ccc(/C=C/c3ccncc3)cc2)c1. The number of benzene rings is 2. The van der Waals surface area contributed by atoms with Crippen LogP contribution in [0.15, 0.2) is 73.1 Å². The van der Waals surface area contributed by atoms with Crippen LogP contribution >= 0.6 is 0 Å². The number of pyridine rings is 1. The van der Waals surface area contributed by atoms with E-state index in [2.05, 4.69) is 71.5 Å². The zero-order valence-corrected chi connectivity index (χ0v) is 19.1. The van der Waals surface area contributed by atoms with Gasteiger partial charge in [-0.25, -0.2) is 0 Å². The third-order valence-electron chi connectivity index (χ3n) is 5.58. The zero-order valence-electron chi connectivity index (χ0n) is 19.1. The van der Waals surface area contributed by atoms with Gasteiger partial charge < -0.3 is 10.2 Å². The minimum absolute atomic E-state index is 0.00277. The maximum Gasteiger partial charge on any atom is 0.251 e. The van der Waals surface area contributed by atoms with Crippen molar-refractivity contribution in [3.63, 3.8) is 0 Å². The van der Waals surface area contributed by atoms with Gasteiger partial charge in [0.2, 0.25) is 0 Å². The Morgan fingerprint density at radius 3 is 2.28 bits per heavy atom. The summed E-state index contributed by atoms with van der Waals surface area (Å²) < 4.78 is 0. The predicted molar refractivity (Wildman–Crippen MR) is 134 cm³/mol. The largest absolute Gasteiger partial charge is 0.352 e. The van der Waals surface area contributed by atoms with E-state index in [0.717, 1.165) is 54.7 Å². The van der Waals surface area contributed by atoms with Crippen LogP contribution in [0.2, 0.25) is 0 Å². The van der Waals surface area contributed by atoms with Gasteiger partial charge in [0.25, 0.3) is 5.91 Å². The van der Waals surface area contributed by atoms with Crippen molar-refractivity contribution in [1.29, 1.82) is 0 Å². The van der Waals surface area contributed by atoms with E-state index in [1.54, 1.807) is 12.4 Å².